The molecule has 0 amide bonds. The van der Waals surface area contributed by atoms with E-state index in [0.29, 0.717) is 6.54 Å². The van der Waals surface area contributed by atoms with Crippen LogP contribution in [0.4, 0.5) is 0 Å². The van der Waals surface area contributed by atoms with Crippen molar-refractivity contribution in [3.05, 3.63) is 12.7 Å². The lowest BCUT2D eigenvalue weighted by Crippen LogP contribution is -2.45. The summed E-state index contributed by atoms with van der Waals surface area (Å²) in [7, 11) is 1.29. The maximum absolute atomic E-state index is 11.0. The van der Waals surface area contributed by atoms with Crippen LogP contribution in [0, 0.1) is 0 Å². The van der Waals surface area contributed by atoms with E-state index in [1.165, 1.54) is 14.0 Å². The zero-order chi connectivity index (χ0) is 9.56. The Balaban J connectivity index is 4.03. The molecular weight excluding hydrogens is 158 g/mol. The number of rotatable bonds is 5. The first kappa shape index (κ1) is 11.1. The minimum Gasteiger partial charge on any atom is -0.468 e. The molecule has 0 saturated carbocycles. The summed E-state index contributed by atoms with van der Waals surface area (Å²) < 4.78 is 4.47. The predicted molar refractivity (Wildman–Crippen MR) is 45.7 cm³/mol. The Morgan fingerprint density at radius 3 is 2.75 bits per heavy atom. The second-order valence-corrected chi connectivity index (χ2v) is 2.44. The van der Waals surface area contributed by atoms with E-state index in [-0.39, 0.29) is 0 Å². The van der Waals surface area contributed by atoms with Crippen molar-refractivity contribution in [3.8, 4) is 0 Å². The van der Waals surface area contributed by atoms with Gasteiger partial charge >= 0.3 is 5.97 Å². The van der Waals surface area contributed by atoms with Gasteiger partial charge in [0, 0.05) is 6.54 Å². The average molecular weight is 173 g/mol. The van der Waals surface area contributed by atoms with Gasteiger partial charge in [0.15, 0.2) is 0 Å². The van der Waals surface area contributed by atoms with Gasteiger partial charge in [0.05, 0.1) is 13.2 Å². The van der Waals surface area contributed by atoms with Crippen LogP contribution in [-0.4, -0.2) is 36.9 Å². The van der Waals surface area contributed by atoms with Gasteiger partial charge in [-0.1, -0.05) is 6.08 Å². The molecule has 0 aromatic heterocycles. The lowest BCUT2D eigenvalue weighted by atomic mass is 10.2. The molecule has 0 saturated heterocycles. The van der Waals surface area contributed by atoms with Crippen LogP contribution < -0.4 is 5.32 Å². The van der Waals surface area contributed by atoms with Crippen LogP contribution >= 0.6 is 0 Å². The molecule has 0 aliphatic rings. The predicted octanol–water partition coefficient (Wildman–Crippen LogP) is -0.316. The average Bonchev–Trinajstić information content (AvgIpc) is 2.04. The van der Waals surface area contributed by atoms with Crippen molar-refractivity contribution in [2.45, 2.75) is 19.1 Å². The van der Waals surface area contributed by atoms with Gasteiger partial charge < -0.3 is 9.84 Å². The van der Waals surface area contributed by atoms with Crippen molar-refractivity contribution >= 4 is 5.97 Å². The number of carbonyl (C=O) groups is 1. The van der Waals surface area contributed by atoms with E-state index in [1.807, 2.05) is 0 Å². The van der Waals surface area contributed by atoms with Gasteiger partial charge in [0.1, 0.15) is 6.04 Å². The van der Waals surface area contributed by atoms with Crippen LogP contribution in [0.15, 0.2) is 12.7 Å². The highest BCUT2D eigenvalue weighted by atomic mass is 16.5. The van der Waals surface area contributed by atoms with Gasteiger partial charge in [-0.05, 0) is 6.92 Å². The van der Waals surface area contributed by atoms with E-state index < -0.39 is 18.1 Å². The minimum atomic E-state index is -0.766. The van der Waals surface area contributed by atoms with E-state index in [2.05, 4.69) is 16.6 Å². The molecule has 0 aliphatic heterocycles. The summed E-state index contributed by atoms with van der Waals surface area (Å²) >= 11 is 0. The number of nitrogens with one attached hydrogen (secondary N) is 1. The molecule has 70 valence electrons. The Morgan fingerprint density at radius 1 is 1.83 bits per heavy atom. The molecule has 4 nitrogen and oxygen atoms in total. The lowest BCUT2D eigenvalue weighted by molar-refractivity contribution is -0.145. The van der Waals surface area contributed by atoms with Crippen molar-refractivity contribution < 1.29 is 14.6 Å². The minimum absolute atomic E-state index is 0.463. The molecule has 0 heterocycles. The van der Waals surface area contributed by atoms with Gasteiger partial charge in [-0.3, -0.25) is 10.1 Å². The fraction of sp³-hybridized carbons (Fsp3) is 0.625. The fourth-order valence-electron chi connectivity index (χ4n) is 0.788. The molecular formula is C8H15NO3. The number of hydrogen-bond acceptors (Lipinski definition) is 4. The zero-order valence-electron chi connectivity index (χ0n) is 7.41. The number of ether oxygens (including phenoxy) is 1. The molecule has 0 rings (SSSR count). The Bertz CT molecular complexity index is 156. The molecule has 2 N–H and O–H groups in total. The number of carbonyl (C=O) groups excluding carboxylic acids is 1. The van der Waals surface area contributed by atoms with Crippen molar-refractivity contribution in [1.29, 1.82) is 0 Å². The van der Waals surface area contributed by atoms with E-state index in [0.717, 1.165) is 0 Å². The van der Waals surface area contributed by atoms with Gasteiger partial charge in [0.2, 0.25) is 0 Å². The molecule has 12 heavy (non-hydrogen) atoms. The topological polar surface area (TPSA) is 58.6 Å². The molecule has 0 aromatic rings. The quantitative estimate of drug-likeness (QED) is 0.442. The molecule has 0 fully saturated rings. The number of esters is 1. The maximum atomic E-state index is 11.0. The number of hydrogen-bond donors (Lipinski definition) is 2. The van der Waals surface area contributed by atoms with Crippen molar-refractivity contribution in [3.63, 3.8) is 0 Å². The van der Waals surface area contributed by atoms with E-state index in [9.17, 15) is 4.79 Å². The number of aliphatic hydroxyl groups excluding tert-OH is 1. The van der Waals surface area contributed by atoms with Crippen LogP contribution in [0.5, 0.6) is 0 Å². The van der Waals surface area contributed by atoms with Crippen LogP contribution in [0.2, 0.25) is 0 Å². The van der Waals surface area contributed by atoms with Gasteiger partial charge in [0.25, 0.3) is 0 Å². The number of aliphatic hydroxyl groups is 1. The zero-order valence-corrected chi connectivity index (χ0v) is 7.41. The Hall–Kier alpha value is -0.870. The Morgan fingerprint density at radius 2 is 2.42 bits per heavy atom. The molecule has 0 unspecified atom stereocenters. The molecule has 0 bridgehead atoms. The van der Waals surface area contributed by atoms with Gasteiger partial charge in [-0.2, -0.15) is 0 Å². The standard InChI is InChI=1S/C8H15NO3/c1-4-5-9-7(6(2)10)8(11)12-3/h4,6-7,9-10H,1,5H2,2-3H3/t6-,7-/m0/s1. The Kier molecular flexibility index (Phi) is 5.32. The van der Waals surface area contributed by atoms with E-state index in [1.54, 1.807) is 6.08 Å². The first-order chi connectivity index (χ1) is 5.63. The fourth-order valence-corrected chi connectivity index (χ4v) is 0.788. The lowest BCUT2D eigenvalue weighted by Gasteiger charge is -2.17. The van der Waals surface area contributed by atoms with Gasteiger partial charge in [-0.25, -0.2) is 0 Å². The third-order valence-electron chi connectivity index (χ3n) is 1.42. The van der Waals surface area contributed by atoms with Crippen LogP contribution in [0.3, 0.4) is 0 Å². The van der Waals surface area contributed by atoms with Crippen LogP contribution in [-0.2, 0) is 9.53 Å². The number of methoxy groups -OCH3 is 1. The Labute approximate surface area is 72.2 Å². The van der Waals surface area contributed by atoms with Crippen molar-refractivity contribution in [1.82, 2.24) is 5.32 Å². The third kappa shape index (κ3) is 3.50. The second-order valence-electron chi connectivity index (χ2n) is 2.44. The molecule has 0 aromatic carbocycles. The molecule has 0 spiro atoms. The van der Waals surface area contributed by atoms with Gasteiger partial charge in [-0.15, -0.1) is 6.58 Å². The maximum Gasteiger partial charge on any atom is 0.325 e. The summed E-state index contributed by atoms with van der Waals surface area (Å²) in [6, 6.07) is -0.673. The van der Waals surface area contributed by atoms with E-state index in [4.69, 9.17) is 5.11 Å². The SMILES string of the molecule is C=CCN[C@H](C(=O)OC)[C@H](C)O. The largest absolute Gasteiger partial charge is 0.468 e. The highest BCUT2D eigenvalue weighted by Gasteiger charge is 2.22. The van der Waals surface area contributed by atoms with Crippen molar-refractivity contribution in [2.24, 2.45) is 0 Å². The molecule has 2 atom stereocenters. The summed E-state index contributed by atoms with van der Waals surface area (Å²) in [5, 5.41) is 11.9. The first-order valence-corrected chi connectivity index (χ1v) is 3.73. The summed E-state index contributed by atoms with van der Waals surface area (Å²) in [6.07, 6.45) is 0.843. The van der Waals surface area contributed by atoms with E-state index >= 15 is 0 Å². The molecule has 0 aliphatic carbocycles. The summed E-state index contributed by atoms with van der Waals surface area (Å²) in [5.41, 5.74) is 0. The van der Waals surface area contributed by atoms with Crippen LogP contribution in [0.1, 0.15) is 6.92 Å². The normalized spacial score (nSPS) is 14.9. The highest BCUT2D eigenvalue weighted by molar-refractivity contribution is 5.76. The third-order valence-corrected chi connectivity index (χ3v) is 1.42. The highest BCUT2D eigenvalue weighted by Crippen LogP contribution is 1.94. The van der Waals surface area contributed by atoms with Crippen molar-refractivity contribution in [2.75, 3.05) is 13.7 Å². The summed E-state index contributed by atoms with van der Waals surface area (Å²) in [4.78, 5) is 11.0. The molecule has 4 heteroatoms. The second kappa shape index (κ2) is 5.74. The molecule has 0 radical (unpaired) electrons. The monoisotopic (exact) mass is 173 g/mol. The summed E-state index contributed by atoms with van der Waals surface area (Å²) in [5.74, 6) is -0.466. The first-order valence-electron chi connectivity index (χ1n) is 3.73. The smallest absolute Gasteiger partial charge is 0.325 e. The van der Waals surface area contributed by atoms with Crippen LogP contribution in [0.25, 0.3) is 0 Å². The summed E-state index contributed by atoms with van der Waals surface area (Å²) in [6.45, 7) is 5.47.